The molecular weight excluding hydrogens is 206 g/mol. The van der Waals surface area contributed by atoms with E-state index in [9.17, 15) is 10.1 Å². The lowest BCUT2D eigenvalue weighted by Crippen LogP contribution is -2.39. The van der Waals surface area contributed by atoms with Crippen molar-refractivity contribution in [3.63, 3.8) is 0 Å². The molecular formula is C11H19N3O2. The monoisotopic (exact) mass is 225 g/mol. The van der Waals surface area contributed by atoms with Crippen molar-refractivity contribution in [2.24, 2.45) is 11.0 Å². The molecule has 0 amide bonds. The van der Waals surface area contributed by atoms with Crippen LogP contribution in [0, 0.1) is 16.0 Å². The summed E-state index contributed by atoms with van der Waals surface area (Å²) in [5.41, 5.74) is 0.709. The van der Waals surface area contributed by atoms with Crippen molar-refractivity contribution in [2.45, 2.75) is 31.7 Å². The Bertz CT molecular complexity index is 300. The van der Waals surface area contributed by atoms with Gasteiger partial charge in [-0.25, -0.2) is 0 Å². The van der Waals surface area contributed by atoms with Crippen molar-refractivity contribution in [2.75, 3.05) is 14.1 Å². The van der Waals surface area contributed by atoms with Crippen molar-refractivity contribution in [1.82, 2.24) is 5.01 Å². The molecule has 0 spiro atoms. The molecule has 2 atom stereocenters. The molecule has 0 aromatic rings. The van der Waals surface area contributed by atoms with Gasteiger partial charge in [0.2, 0.25) is 0 Å². The zero-order valence-corrected chi connectivity index (χ0v) is 9.93. The quantitative estimate of drug-likeness (QED) is 0.417. The van der Waals surface area contributed by atoms with Crippen LogP contribution in [0.1, 0.15) is 25.7 Å². The molecule has 5 heteroatoms. The highest BCUT2D eigenvalue weighted by atomic mass is 16.6. The van der Waals surface area contributed by atoms with Gasteiger partial charge in [-0.05, 0) is 19.3 Å². The zero-order chi connectivity index (χ0) is 12.1. The molecule has 0 saturated heterocycles. The van der Waals surface area contributed by atoms with Crippen LogP contribution in [0.5, 0.6) is 0 Å². The van der Waals surface area contributed by atoms with Crippen molar-refractivity contribution < 1.29 is 4.92 Å². The molecule has 0 N–H and O–H groups in total. The molecule has 1 aliphatic rings. The summed E-state index contributed by atoms with van der Waals surface area (Å²) in [6, 6.07) is -0.610. The van der Waals surface area contributed by atoms with E-state index in [-0.39, 0.29) is 10.8 Å². The number of allylic oxidation sites excluding steroid dienone is 1. The van der Waals surface area contributed by atoms with Crippen LogP contribution in [0.15, 0.2) is 17.8 Å². The summed E-state index contributed by atoms with van der Waals surface area (Å²) in [5, 5.41) is 16.9. The second-order valence-electron chi connectivity index (χ2n) is 4.33. The third-order valence-electron chi connectivity index (χ3n) is 2.81. The van der Waals surface area contributed by atoms with Gasteiger partial charge in [0.25, 0.3) is 6.04 Å². The standard InChI is InChI=1S/C11H19N3O2/c1-4-6-9-7-5-8-10(14(15)16)11(9)12-13(2)3/h4,9-10H,1,5-8H2,2-3H3/b12-11-. The predicted octanol–water partition coefficient (Wildman–Crippen LogP) is 1.93. The minimum absolute atomic E-state index is 0.184. The summed E-state index contributed by atoms with van der Waals surface area (Å²) in [6.07, 6.45) is 5.07. The molecule has 2 unspecified atom stereocenters. The normalized spacial score (nSPS) is 27.8. The Morgan fingerprint density at radius 3 is 2.81 bits per heavy atom. The molecule has 1 saturated carbocycles. The first kappa shape index (κ1) is 12.7. The van der Waals surface area contributed by atoms with Crippen LogP contribution in [0.2, 0.25) is 0 Å². The third kappa shape index (κ3) is 3.05. The average molecular weight is 225 g/mol. The van der Waals surface area contributed by atoms with Gasteiger partial charge >= 0.3 is 0 Å². The van der Waals surface area contributed by atoms with E-state index in [0.717, 1.165) is 19.3 Å². The fourth-order valence-corrected chi connectivity index (χ4v) is 2.16. The summed E-state index contributed by atoms with van der Waals surface area (Å²) in [4.78, 5) is 10.8. The molecule has 0 bridgehead atoms. The van der Waals surface area contributed by atoms with Gasteiger partial charge in [0.1, 0.15) is 5.71 Å². The van der Waals surface area contributed by atoms with Gasteiger partial charge in [-0.15, -0.1) is 6.58 Å². The second kappa shape index (κ2) is 5.63. The first-order valence-corrected chi connectivity index (χ1v) is 5.56. The zero-order valence-electron chi connectivity index (χ0n) is 9.93. The van der Waals surface area contributed by atoms with Crippen LogP contribution in [-0.4, -0.2) is 35.8 Å². The van der Waals surface area contributed by atoms with Gasteiger partial charge < -0.3 is 5.01 Å². The summed E-state index contributed by atoms with van der Waals surface area (Å²) < 4.78 is 0. The number of hydrogen-bond acceptors (Lipinski definition) is 4. The average Bonchev–Trinajstić information content (AvgIpc) is 2.19. The molecule has 16 heavy (non-hydrogen) atoms. The Morgan fingerprint density at radius 2 is 2.31 bits per heavy atom. The van der Waals surface area contributed by atoms with Gasteiger partial charge in [-0.2, -0.15) is 5.10 Å². The molecule has 0 aromatic carbocycles. The van der Waals surface area contributed by atoms with Crippen LogP contribution < -0.4 is 0 Å². The van der Waals surface area contributed by atoms with Crippen LogP contribution in [-0.2, 0) is 0 Å². The van der Waals surface area contributed by atoms with Crippen molar-refractivity contribution in [1.29, 1.82) is 0 Å². The van der Waals surface area contributed by atoms with E-state index in [4.69, 9.17) is 0 Å². The number of nitrogens with zero attached hydrogens (tertiary/aromatic N) is 3. The highest BCUT2D eigenvalue weighted by molar-refractivity contribution is 5.91. The van der Waals surface area contributed by atoms with E-state index in [0.29, 0.717) is 12.1 Å². The smallest absolute Gasteiger partial charge is 0.252 e. The van der Waals surface area contributed by atoms with E-state index < -0.39 is 6.04 Å². The predicted molar refractivity (Wildman–Crippen MR) is 64.1 cm³/mol. The molecule has 0 heterocycles. The van der Waals surface area contributed by atoms with E-state index in [2.05, 4.69) is 11.7 Å². The van der Waals surface area contributed by atoms with Gasteiger partial charge in [0.05, 0.1) is 0 Å². The maximum absolute atomic E-state index is 11.0. The van der Waals surface area contributed by atoms with E-state index in [1.54, 1.807) is 19.1 Å². The molecule has 5 nitrogen and oxygen atoms in total. The maximum atomic E-state index is 11.0. The summed E-state index contributed by atoms with van der Waals surface area (Å²) in [7, 11) is 3.59. The lowest BCUT2D eigenvalue weighted by atomic mass is 9.82. The minimum atomic E-state index is -0.610. The minimum Gasteiger partial charge on any atom is -0.303 e. The Morgan fingerprint density at radius 1 is 1.62 bits per heavy atom. The summed E-state index contributed by atoms with van der Waals surface area (Å²) >= 11 is 0. The summed E-state index contributed by atoms with van der Waals surface area (Å²) in [5.74, 6) is 0.184. The van der Waals surface area contributed by atoms with E-state index in [1.165, 1.54) is 0 Å². The van der Waals surface area contributed by atoms with Crippen molar-refractivity contribution in [3.8, 4) is 0 Å². The fraction of sp³-hybridized carbons (Fsp3) is 0.727. The van der Waals surface area contributed by atoms with Crippen LogP contribution in [0.25, 0.3) is 0 Å². The number of hydrazone groups is 1. The van der Waals surface area contributed by atoms with Crippen LogP contribution in [0.4, 0.5) is 0 Å². The lowest BCUT2D eigenvalue weighted by Gasteiger charge is -2.26. The molecule has 0 aliphatic heterocycles. The molecule has 1 aliphatic carbocycles. The first-order chi connectivity index (χ1) is 7.56. The largest absolute Gasteiger partial charge is 0.303 e. The van der Waals surface area contributed by atoms with Gasteiger partial charge in [-0.3, -0.25) is 10.1 Å². The van der Waals surface area contributed by atoms with Crippen LogP contribution in [0.3, 0.4) is 0 Å². The van der Waals surface area contributed by atoms with Gasteiger partial charge in [-0.1, -0.05) is 6.08 Å². The lowest BCUT2D eigenvalue weighted by molar-refractivity contribution is -0.505. The number of hydrogen-bond donors (Lipinski definition) is 0. The first-order valence-electron chi connectivity index (χ1n) is 5.56. The molecule has 0 radical (unpaired) electrons. The van der Waals surface area contributed by atoms with E-state index >= 15 is 0 Å². The second-order valence-corrected chi connectivity index (χ2v) is 4.33. The SMILES string of the molecule is C=CCC1CCCC([N+](=O)[O-])/C1=N\N(C)C. The Balaban J connectivity index is 2.93. The number of nitro groups is 1. The molecule has 90 valence electrons. The fourth-order valence-electron chi connectivity index (χ4n) is 2.16. The Hall–Kier alpha value is -1.39. The Labute approximate surface area is 96.0 Å². The van der Waals surface area contributed by atoms with E-state index in [1.807, 2.05) is 6.08 Å². The highest BCUT2D eigenvalue weighted by Crippen LogP contribution is 2.27. The number of rotatable bonds is 4. The maximum Gasteiger partial charge on any atom is 0.252 e. The highest BCUT2D eigenvalue weighted by Gasteiger charge is 2.36. The van der Waals surface area contributed by atoms with Crippen LogP contribution >= 0.6 is 0 Å². The topological polar surface area (TPSA) is 58.7 Å². The van der Waals surface area contributed by atoms with Gasteiger partial charge in [0.15, 0.2) is 0 Å². The third-order valence-corrected chi connectivity index (χ3v) is 2.81. The molecule has 0 aromatic heterocycles. The Kier molecular flexibility index (Phi) is 4.46. The van der Waals surface area contributed by atoms with Crippen molar-refractivity contribution >= 4 is 5.71 Å². The molecule has 1 fully saturated rings. The van der Waals surface area contributed by atoms with Gasteiger partial charge in [0, 0.05) is 31.4 Å². The molecule has 1 rings (SSSR count). The summed E-state index contributed by atoms with van der Waals surface area (Å²) in [6.45, 7) is 3.70. The van der Waals surface area contributed by atoms with Crippen molar-refractivity contribution in [3.05, 3.63) is 22.8 Å².